The van der Waals surface area contributed by atoms with Crippen LogP contribution in [0.3, 0.4) is 0 Å². The highest BCUT2D eigenvalue weighted by molar-refractivity contribution is 5.88. The molecule has 0 bridgehead atoms. The van der Waals surface area contributed by atoms with Gasteiger partial charge in [-0.15, -0.1) is 5.10 Å². The van der Waals surface area contributed by atoms with E-state index in [1.165, 1.54) is 0 Å². The second-order valence-corrected chi connectivity index (χ2v) is 7.20. The second-order valence-electron chi connectivity index (χ2n) is 7.20. The number of benzene rings is 2. The third-order valence-electron chi connectivity index (χ3n) is 5.14. The van der Waals surface area contributed by atoms with E-state index in [0.29, 0.717) is 5.69 Å². The lowest BCUT2D eigenvalue weighted by molar-refractivity contribution is 0.0697. The highest BCUT2D eigenvalue weighted by Crippen LogP contribution is 2.25. The Bertz CT molecular complexity index is 1420. The summed E-state index contributed by atoms with van der Waals surface area (Å²) in [5.74, 6) is -0.960. The van der Waals surface area contributed by atoms with Crippen molar-refractivity contribution in [3.8, 4) is 28.2 Å². The van der Waals surface area contributed by atoms with E-state index in [-0.39, 0.29) is 5.56 Å². The number of hydrogen-bond acceptors (Lipinski definition) is 5. The number of pyridine rings is 2. The molecule has 0 fully saturated rings. The normalized spacial score (nSPS) is 11.0. The van der Waals surface area contributed by atoms with Crippen molar-refractivity contribution in [3.63, 3.8) is 0 Å². The molecule has 0 aliphatic heterocycles. The van der Waals surface area contributed by atoms with Gasteiger partial charge in [0.1, 0.15) is 5.69 Å². The summed E-state index contributed by atoms with van der Waals surface area (Å²) < 4.78 is 1.67. The second kappa shape index (κ2) is 7.46. The molecule has 1 N–H and O–H groups in total. The first-order valence-corrected chi connectivity index (χ1v) is 9.67. The van der Waals surface area contributed by atoms with Crippen molar-refractivity contribution >= 4 is 16.9 Å². The molecule has 0 unspecified atom stereocenters. The fourth-order valence-corrected chi connectivity index (χ4v) is 3.46. The van der Waals surface area contributed by atoms with E-state index in [1.54, 1.807) is 41.3 Å². The lowest BCUT2D eigenvalue weighted by Gasteiger charge is -2.08. The van der Waals surface area contributed by atoms with Crippen molar-refractivity contribution in [2.45, 2.75) is 6.92 Å². The summed E-state index contributed by atoms with van der Waals surface area (Å²) in [6.45, 7) is 2.00. The predicted octanol–water partition coefficient (Wildman–Crippen LogP) is 4.55. The van der Waals surface area contributed by atoms with Gasteiger partial charge in [-0.25, -0.2) is 9.48 Å². The minimum atomic E-state index is -0.960. The number of carboxylic acid groups (broad SMARTS) is 1. The zero-order valence-electron chi connectivity index (χ0n) is 16.6. The third-order valence-corrected chi connectivity index (χ3v) is 5.14. The summed E-state index contributed by atoms with van der Waals surface area (Å²) in [4.78, 5) is 20.2. The van der Waals surface area contributed by atoms with Crippen molar-refractivity contribution in [1.82, 2.24) is 25.0 Å². The minimum Gasteiger partial charge on any atom is -0.478 e. The van der Waals surface area contributed by atoms with Gasteiger partial charge < -0.3 is 5.11 Å². The molecule has 0 aliphatic rings. The van der Waals surface area contributed by atoms with E-state index >= 15 is 0 Å². The molecule has 0 spiro atoms. The van der Waals surface area contributed by atoms with E-state index < -0.39 is 5.97 Å². The van der Waals surface area contributed by atoms with Crippen LogP contribution in [0.2, 0.25) is 0 Å². The highest BCUT2D eigenvalue weighted by Gasteiger charge is 2.11. The molecule has 0 radical (unpaired) electrons. The van der Waals surface area contributed by atoms with Crippen LogP contribution in [0.1, 0.15) is 15.9 Å². The van der Waals surface area contributed by atoms with Crippen molar-refractivity contribution < 1.29 is 9.90 Å². The van der Waals surface area contributed by atoms with Gasteiger partial charge in [0, 0.05) is 22.7 Å². The van der Waals surface area contributed by atoms with Crippen LogP contribution in [-0.2, 0) is 0 Å². The van der Waals surface area contributed by atoms with Gasteiger partial charge in [-0.3, -0.25) is 9.97 Å². The number of rotatable bonds is 4. The van der Waals surface area contributed by atoms with E-state index in [9.17, 15) is 4.79 Å². The molecule has 2 aromatic carbocycles. The van der Waals surface area contributed by atoms with E-state index in [4.69, 9.17) is 5.11 Å². The molecule has 5 aromatic rings. The van der Waals surface area contributed by atoms with Gasteiger partial charge >= 0.3 is 5.97 Å². The number of aromatic carboxylic acids is 1. The Morgan fingerprint density at radius 2 is 1.71 bits per heavy atom. The highest BCUT2D eigenvalue weighted by atomic mass is 16.4. The summed E-state index contributed by atoms with van der Waals surface area (Å²) in [5, 5.41) is 18.6. The van der Waals surface area contributed by atoms with Crippen LogP contribution in [0.25, 0.3) is 39.1 Å². The molecular formula is C24H17N5O2. The maximum atomic E-state index is 11.0. The topological polar surface area (TPSA) is 93.8 Å². The van der Waals surface area contributed by atoms with E-state index in [1.807, 2.05) is 43.5 Å². The van der Waals surface area contributed by atoms with Crippen LogP contribution >= 0.6 is 0 Å². The average Bonchev–Trinajstić information content (AvgIpc) is 3.28. The number of aryl methyl sites for hydroxylation is 1. The van der Waals surface area contributed by atoms with Crippen LogP contribution in [0.5, 0.6) is 0 Å². The fraction of sp³-hybridized carbons (Fsp3) is 0.0417. The van der Waals surface area contributed by atoms with Crippen molar-refractivity contribution in [3.05, 3.63) is 90.4 Å². The molecule has 150 valence electrons. The zero-order valence-corrected chi connectivity index (χ0v) is 16.6. The van der Waals surface area contributed by atoms with Gasteiger partial charge in [0.2, 0.25) is 0 Å². The lowest BCUT2D eigenvalue weighted by Crippen LogP contribution is -2.00. The molecule has 7 nitrogen and oxygen atoms in total. The van der Waals surface area contributed by atoms with Crippen LogP contribution in [0.4, 0.5) is 0 Å². The first-order chi connectivity index (χ1) is 15.1. The lowest BCUT2D eigenvalue weighted by atomic mass is 10.1. The summed E-state index contributed by atoms with van der Waals surface area (Å²) in [6.07, 6.45) is 5.40. The van der Waals surface area contributed by atoms with Gasteiger partial charge in [-0.05, 0) is 42.8 Å². The van der Waals surface area contributed by atoms with Gasteiger partial charge in [0.25, 0.3) is 0 Å². The molecule has 0 saturated carbocycles. The van der Waals surface area contributed by atoms with Gasteiger partial charge in [0.05, 0.1) is 34.9 Å². The standard InChI is InChI=1S/C24H17N5O2/c1-15-10-21(19-11-18-4-2-3-5-20(18)25-12-19)26-13-23(15)29-14-22(27-28-29)16-6-8-17(9-7-16)24(30)31/h2-14H,1H3,(H,30,31). The maximum absolute atomic E-state index is 11.0. The van der Waals surface area contributed by atoms with Gasteiger partial charge in [0.15, 0.2) is 0 Å². The van der Waals surface area contributed by atoms with Crippen molar-refractivity contribution in [2.24, 2.45) is 0 Å². The Kier molecular flexibility index (Phi) is 4.48. The first-order valence-electron chi connectivity index (χ1n) is 9.67. The van der Waals surface area contributed by atoms with Crippen LogP contribution in [0, 0.1) is 6.92 Å². The molecule has 7 heteroatoms. The zero-order chi connectivity index (χ0) is 21.4. The Morgan fingerprint density at radius 3 is 2.48 bits per heavy atom. The molecule has 5 rings (SSSR count). The number of para-hydroxylation sites is 1. The fourth-order valence-electron chi connectivity index (χ4n) is 3.46. The Balaban J connectivity index is 1.45. The molecule has 0 saturated heterocycles. The maximum Gasteiger partial charge on any atom is 0.335 e. The number of carbonyl (C=O) groups is 1. The molecule has 0 aliphatic carbocycles. The average molecular weight is 407 g/mol. The Labute approximate surface area is 177 Å². The molecule has 0 amide bonds. The monoisotopic (exact) mass is 407 g/mol. The van der Waals surface area contributed by atoms with Crippen LogP contribution < -0.4 is 0 Å². The third kappa shape index (κ3) is 3.53. The van der Waals surface area contributed by atoms with Gasteiger partial charge in [-0.2, -0.15) is 0 Å². The van der Waals surface area contributed by atoms with Crippen molar-refractivity contribution in [2.75, 3.05) is 0 Å². The molecule has 0 atom stereocenters. The number of nitrogens with zero attached hydrogens (tertiary/aromatic N) is 5. The number of aromatic nitrogens is 5. The van der Waals surface area contributed by atoms with Gasteiger partial charge in [-0.1, -0.05) is 35.5 Å². The summed E-state index contributed by atoms with van der Waals surface area (Å²) in [7, 11) is 0. The summed E-state index contributed by atoms with van der Waals surface area (Å²) >= 11 is 0. The minimum absolute atomic E-state index is 0.231. The van der Waals surface area contributed by atoms with Crippen molar-refractivity contribution in [1.29, 1.82) is 0 Å². The Hall–Kier alpha value is -4.39. The molecule has 3 aromatic heterocycles. The number of fused-ring (bicyclic) bond motifs is 1. The van der Waals surface area contributed by atoms with Crippen LogP contribution in [0.15, 0.2) is 79.3 Å². The summed E-state index contributed by atoms with van der Waals surface area (Å²) in [6, 6.07) is 18.6. The smallest absolute Gasteiger partial charge is 0.335 e. The molecular weight excluding hydrogens is 390 g/mol. The molecule has 31 heavy (non-hydrogen) atoms. The molecule has 3 heterocycles. The largest absolute Gasteiger partial charge is 0.478 e. The number of hydrogen-bond donors (Lipinski definition) is 1. The quantitative estimate of drug-likeness (QED) is 0.470. The predicted molar refractivity (Wildman–Crippen MR) is 117 cm³/mol. The van der Waals surface area contributed by atoms with Crippen LogP contribution in [-0.4, -0.2) is 36.0 Å². The summed E-state index contributed by atoms with van der Waals surface area (Å²) in [5.41, 5.74) is 6.23. The first kappa shape index (κ1) is 18.6. The van der Waals surface area contributed by atoms with E-state index in [0.717, 1.165) is 39.0 Å². The Morgan fingerprint density at radius 1 is 0.903 bits per heavy atom. The SMILES string of the molecule is Cc1cc(-c2cnc3ccccc3c2)ncc1-n1cc(-c2ccc(C(=O)O)cc2)nn1. The van der Waals surface area contributed by atoms with E-state index in [2.05, 4.69) is 26.3 Å². The number of carboxylic acids is 1.